The van der Waals surface area contributed by atoms with Crippen LogP contribution in [0.2, 0.25) is 0 Å². The summed E-state index contributed by atoms with van der Waals surface area (Å²) >= 11 is 0. The third-order valence-electron chi connectivity index (χ3n) is 5.69. The van der Waals surface area contributed by atoms with Crippen LogP contribution in [0.15, 0.2) is 60.7 Å². The number of fused-ring (bicyclic) bond motifs is 1. The van der Waals surface area contributed by atoms with Crippen molar-refractivity contribution >= 4 is 16.9 Å². The highest BCUT2D eigenvalue weighted by molar-refractivity contribution is 5.84. The lowest BCUT2D eigenvalue weighted by atomic mass is 9.87. The normalized spacial score (nSPS) is 19.1. The van der Waals surface area contributed by atoms with E-state index >= 15 is 0 Å². The summed E-state index contributed by atoms with van der Waals surface area (Å²) in [6, 6.07) is 18.3. The van der Waals surface area contributed by atoms with Crippen molar-refractivity contribution in [1.82, 2.24) is 4.90 Å². The van der Waals surface area contributed by atoms with Gasteiger partial charge in [0.05, 0.1) is 19.8 Å². The molecule has 4 rings (SSSR count). The molecule has 3 aromatic rings. The van der Waals surface area contributed by atoms with Gasteiger partial charge in [-0.1, -0.05) is 30.3 Å². The number of amides is 1. The molecule has 1 fully saturated rings. The largest absolute Gasteiger partial charge is 0.530 e. The van der Waals surface area contributed by atoms with Gasteiger partial charge in [0, 0.05) is 19.0 Å². The van der Waals surface area contributed by atoms with E-state index in [9.17, 15) is 14.3 Å². The van der Waals surface area contributed by atoms with Gasteiger partial charge in [-0.3, -0.25) is 0 Å². The number of likely N-dealkylation sites (tertiary alicyclic amines) is 1. The number of benzene rings is 3. The summed E-state index contributed by atoms with van der Waals surface area (Å²) in [7, 11) is 1.64. The highest BCUT2D eigenvalue weighted by atomic mass is 19.1. The molecule has 6 heteroatoms. The molecule has 1 aliphatic heterocycles. The van der Waals surface area contributed by atoms with Crippen molar-refractivity contribution < 1.29 is 23.8 Å². The number of hydrogen-bond donors (Lipinski definition) is 0. The Kier molecular flexibility index (Phi) is 5.86. The van der Waals surface area contributed by atoms with Gasteiger partial charge in [-0.05, 0) is 58.7 Å². The fourth-order valence-electron chi connectivity index (χ4n) is 4.04. The smallest absolute Gasteiger partial charge is 0.137 e. The van der Waals surface area contributed by atoms with E-state index in [0.29, 0.717) is 19.6 Å². The van der Waals surface area contributed by atoms with Gasteiger partial charge in [0.1, 0.15) is 17.7 Å². The summed E-state index contributed by atoms with van der Waals surface area (Å²) in [5, 5.41) is 13.5. The number of carbonyl (C=O) groups is 1. The van der Waals surface area contributed by atoms with Gasteiger partial charge in [0.15, 0.2) is 0 Å². The lowest BCUT2D eigenvalue weighted by Crippen LogP contribution is -2.51. The van der Waals surface area contributed by atoms with Crippen LogP contribution < -0.4 is 9.84 Å². The Balaban J connectivity index is 1.52. The van der Waals surface area contributed by atoms with E-state index in [1.54, 1.807) is 19.2 Å². The Hall–Kier alpha value is -3.12. The van der Waals surface area contributed by atoms with Crippen LogP contribution in [0.25, 0.3) is 10.8 Å². The first-order valence-corrected chi connectivity index (χ1v) is 9.93. The Morgan fingerprint density at radius 3 is 2.57 bits per heavy atom. The van der Waals surface area contributed by atoms with Crippen LogP contribution in [0.3, 0.4) is 0 Å². The first kappa shape index (κ1) is 20.2. The monoisotopic (exact) mass is 408 g/mol. The molecule has 0 N–H and O–H groups in total. The molecule has 0 aliphatic carbocycles. The molecule has 0 saturated carbocycles. The lowest BCUT2D eigenvalue weighted by Gasteiger charge is -2.40. The molecule has 0 spiro atoms. The van der Waals surface area contributed by atoms with E-state index in [1.165, 1.54) is 17.0 Å². The van der Waals surface area contributed by atoms with Crippen LogP contribution in [0.5, 0.6) is 5.75 Å². The number of ether oxygens (including phenoxy) is 2. The Morgan fingerprint density at radius 1 is 1.10 bits per heavy atom. The zero-order chi connectivity index (χ0) is 21.1. The molecular formula is C24H23FNO4-. The number of rotatable bonds is 5. The second-order valence-electron chi connectivity index (χ2n) is 7.56. The van der Waals surface area contributed by atoms with Crippen molar-refractivity contribution in [2.45, 2.75) is 25.0 Å². The molecule has 0 radical (unpaired) electrons. The number of halogens is 1. The van der Waals surface area contributed by atoms with Crippen LogP contribution in [-0.2, 0) is 11.3 Å². The third-order valence-corrected chi connectivity index (χ3v) is 5.69. The lowest BCUT2D eigenvalue weighted by molar-refractivity contribution is -0.268. The van der Waals surface area contributed by atoms with E-state index in [1.807, 2.05) is 30.3 Å². The van der Waals surface area contributed by atoms with Gasteiger partial charge in [-0.15, -0.1) is 0 Å². The molecule has 2 unspecified atom stereocenters. The van der Waals surface area contributed by atoms with Gasteiger partial charge in [0.2, 0.25) is 0 Å². The second-order valence-corrected chi connectivity index (χ2v) is 7.56. The van der Waals surface area contributed by atoms with Crippen molar-refractivity contribution in [3.63, 3.8) is 0 Å². The summed E-state index contributed by atoms with van der Waals surface area (Å²) < 4.78 is 24.8. The van der Waals surface area contributed by atoms with E-state index in [0.717, 1.165) is 27.6 Å². The summed E-state index contributed by atoms with van der Waals surface area (Å²) in [6.45, 7) is 0.961. The van der Waals surface area contributed by atoms with Crippen molar-refractivity contribution in [1.29, 1.82) is 0 Å². The topological polar surface area (TPSA) is 61.8 Å². The predicted molar refractivity (Wildman–Crippen MR) is 110 cm³/mol. The number of nitrogens with zero attached hydrogens (tertiary/aromatic N) is 1. The van der Waals surface area contributed by atoms with E-state index in [4.69, 9.17) is 9.47 Å². The molecule has 3 aromatic carbocycles. The Labute approximate surface area is 174 Å². The number of carbonyl (C=O) groups excluding carboxylic acids is 1. The summed E-state index contributed by atoms with van der Waals surface area (Å²) in [4.78, 5) is 12.6. The molecule has 1 aliphatic rings. The van der Waals surface area contributed by atoms with Crippen LogP contribution >= 0.6 is 0 Å². The van der Waals surface area contributed by atoms with E-state index in [-0.39, 0.29) is 24.4 Å². The minimum atomic E-state index is -1.19. The van der Waals surface area contributed by atoms with Crippen molar-refractivity contribution in [3.05, 3.63) is 77.6 Å². The van der Waals surface area contributed by atoms with E-state index in [2.05, 4.69) is 6.07 Å². The predicted octanol–water partition coefficient (Wildman–Crippen LogP) is 3.71. The zero-order valence-corrected chi connectivity index (χ0v) is 16.7. The first-order chi connectivity index (χ1) is 14.5. The molecule has 1 heterocycles. The number of methoxy groups -OCH3 is 1. The average molecular weight is 408 g/mol. The number of piperidine rings is 1. The SMILES string of the molecule is COc1ccc2cc(COC3CN(C(=O)[O-])CCC3c3ccc(F)cc3)ccc2c1. The van der Waals surface area contributed by atoms with Gasteiger partial charge >= 0.3 is 0 Å². The third kappa shape index (κ3) is 4.39. The molecule has 0 aromatic heterocycles. The summed E-state index contributed by atoms with van der Waals surface area (Å²) in [5.41, 5.74) is 1.95. The quantitative estimate of drug-likeness (QED) is 0.646. The van der Waals surface area contributed by atoms with Gasteiger partial charge in [-0.2, -0.15) is 0 Å². The summed E-state index contributed by atoms with van der Waals surface area (Å²) in [6.07, 6.45) is -0.934. The van der Waals surface area contributed by atoms with Crippen LogP contribution in [0.4, 0.5) is 9.18 Å². The molecule has 1 amide bonds. The molecule has 5 nitrogen and oxygen atoms in total. The van der Waals surface area contributed by atoms with Crippen LogP contribution in [-0.4, -0.2) is 37.3 Å². The molecule has 0 bridgehead atoms. The maximum Gasteiger partial charge on any atom is 0.137 e. The van der Waals surface area contributed by atoms with E-state index < -0.39 is 6.09 Å². The average Bonchev–Trinajstić information content (AvgIpc) is 2.77. The highest BCUT2D eigenvalue weighted by Crippen LogP contribution is 2.31. The van der Waals surface area contributed by atoms with Crippen molar-refractivity contribution in [2.24, 2.45) is 0 Å². The maximum absolute atomic E-state index is 13.3. The fourth-order valence-corrected chi connectivity index (χ4v) is 4.04. The molecule has 30 heavy (non-hydrogen) atoms. The fraction of sp³-hybridized carbons (Fsp3) is 0.292. The highest BCUT2D eigenvalue weighted by Gasteiger charge is 2.31. The molecule has 156 valence electrons. The minimum absolute atomic E-state index is 0.00841. The molecule has 2 atom stereocenters. The maximum atomic E-state index is 13.3. The Morgan fingerprint density at radius 2 is 1.83 bits per heavy atom. The van der Waals surface area contributed by atoms with Gasteiger partial charge in [-0.25, -0.2) is 4.39 Å². The van der Waals surface area contributed by atoms with Crippen molar-refractivity contribution in [2.75, 3.05) is 20.2 Å². The second kappa shape index (κ2) is 8.71. The van der Waals surface area contributed by atoms with Crippen molar-refractivity contribution in [3.8, 4) is 5.75 Å². The van der Waals surface area contributed by atoms with Crippen LogP contribution in [0.1, 0.15) is 23.5 Å². The Bertz CT molecular complexity index is 1040. The molecule has 1 saturated heterocycles. The minimum Gasteiger partial charge on any atom is -0.530 e. The molecular weight excluding hydrogens is 385 g/mol. The number of carboxylic acid groups (broad SMARTS) is 1. The number of hydrogen-bond acceptors (Lipinski definition) is 4. The van der Waals surface area contributed by atoms with Crippen LogP contribution in [0, 0.1) is 5.82 Å². The standard InChI is InChI=1S/C24H24FNO4/c1-29-21-9-6-18-12-16(2-3-19(18)13-21)15-30-23-14-26(24(27)28)11-10-22(23)17-4-7-20(25)8-5-17/h2-9,12-13,22-23H,10-11,14-15H2,1H3,(H,27,28)/p-1. The zero-order valence-electron chi connectivity index (χ0n) is 16.7. The van der Waals surface area contributed by atoms with Gasteiger partial charge in [0.25, 0.3) is 0 Å². The summed E-state index contributed by atoms with van der Waals surface area (Å²) in [5.74, 6) is 0.500. The first-order valence-electron chi connectivity index (χ1n) is 9.93. The van der Waals surface area contributed by atoms with Gasteiger partial charge < -0.3 is 24.3 Å².